The maximum Gasteiger partial charge on any atom is 0.0922 e. The summed E-state index contributed by atoms with van der Waals surface area (Å²) in [4.78, 5) is 0. The first-order valence-corrected chi connectivity index (χ1v) is 6.80. The fourth-order valence-electron chi connectivity index (χ4n) is 2.40. The van der Waals surface area contributed by atoms with Crippen LogP contribution < -0.4 is 0 Å². The Bertz CT molecular complexity index is 358. The second-order valence-corrected chi connectivity index (χ2v) is 6.21. The van der Waals surface area contributed by atoms with Gasteiger partial charge in [-0.3, -0.25) is 0 Å². The van der Waals surface area contributed by atoms with E-state index in [9.17, 15) is 5.11 Å². The first-order valence-electron chi connectivity index (χ1n) is 5.21. The van der Waals surface area contributed by atoms with E-state index in [4.69, 9.17) is 0 Å². The highest BCUT2D eigenvalue weighted by atomic mass is 79.9. The van der Waals surface area contributed by atoms with Gasteiger partial charge in [0.2, 0.25) is 0 Å². The van der Waals surface area contributed by atoms with E-state index in [1.54, 1.807) is 0 Å². The molecule has 0 radical (unpaired) electrons. The highest BCUT2D eigenvalue weighted by Crippen LogP contribution is 2.44. The predicted molar refractivity (Wildman–Crippen MR) is 68.8 cm³/mol. The Labute approximate surface area is 107 Å². The van der Waals surface area contributed by atoms with Crippen LogP contribution in [0.3, 0.4) is 0 Å². The minimum atomic E-state index is -0.633. The Morgan fingerprint density at radius 1 is 1.27 bits per heavy atom. The van der Waals surface area contributed by atoms with Gasteiger partial charge in [0.15, 0.2) is 0 Å². The summed E-state index contributed by atoms with van der Waals surface area (Å²) in [6, 6.07) is 6.03. The van der Waals surface area contributed by atoms with Crippen LogP contribution in [0.15, 0.2) is 27.1 Å². The molecule has 2 atom stereocenters. The lowest BCUT2D eigenvalue weighted by atomic mass is 9.85. The third kappa shape index (κ3) is 2.15. The van der Waals surface area contributed by atoms with Gasteiger partial charge in [-0.2, -0.15) is 0 Å². The van der Waals surface area contributed by atoms with Gasteiger partial charge < -0.3 is 5.11 Å². The van der Waals surface area contributed by atoms with E-state index in [2.05, 4.69) is 38.8 Å². The first kappa shape index (κ1) is 11.6. The van der Waals surface area contributed by atoms with Crippen LogP contribution in [0.4, 0.5) is 0 Å². The Morgan fingerprint density at radius 2 is 1.87 bits per heavy atom. The Morgan fingerprint density at radius 3 is 2.33 bits per heavy atom. The molecule has 0 unspecified atom stereocenters. The Hall–Kier alpha value is 0.140. The van der Waals surface area contributed by atoms with Crippen molar-refractivity contribution >= 4 is 31.9 Å². The molecule has 1 aromatic carbocycles. The second-order valence-electron chi connectivity index (χ2n) is 4.38. The van der Waals surface area contributed by atoms with Gasteiger partial charge in [-0.1, -0.05) is 38.8 Å². The van der Waals surface area contributed by atoms with Gasteiger partial charge in [-0.05, 0) is 48.9 Å². The van der Waals surface area contributed by atoms with Gasteiger partial charge in [0.05, 0.1) is 5.60 Å². The maximum atomic E-state index is 10.6. The van der Waals surface area contributed by atoms with Gasteiger partial charge in [0.1, 0.15) is 0 Å². The quantitative estimate of drug-likeness (QED) is 0.815. The molecule has 1 nitrogen and oxygen atoms in total. The number of benzene rings is 1. The van der Waals surface area contributed by atoms with Crippen molar-refractivity contribution in [1.29, 1.82) is 0 Å². The molecule has 0 spiro atoms. The Kier molecular flexibility index (Phi) is 3.25. The van der Waals surface area contributed by atoms with Crippen LogP contribution in [0.25, 0.3) is 0 Å². The van der Waals surface area contributed by atoms with Gasteiger partial charge in [-0.15, -0.1) is 0 Å². The van der Waals surface area contributed by atoms with Crippen molar-refractivity contribution in [2.75, 3.05) is 0 Å². The van der Waals surface area contributed by atoms with Crippen LogP contribution >= 0.6 is 31.9 Å². The molecule has 1 aliphatic carbocycles. The molecule has 2 rings (SSSR count). The molecule has 0 aliphatic heterocycles. The fourth-order valence-corrected chi connectivity index (χ4v) is 3.69. The van der Waals surface area contributed by atoms with Crippen molar-refractivity contribution in [3.63, 3.8) is 0 Å². The molecule has 1 saturated carbocycles. The zero-order valence-corrected chi connectivity index (χ0v) is 11.8. The number of rotatable bonds is 1. The molecule has 1 aliphatic rings. The highest BCUT2D eigenvalue weighted by Gasteiger charge is 2.39. The van der Waals surface area contributed by atoms with Crippen LogP contribution in [-0.4, -0.2) is 5.11 Å². The molecule has 0 aromatic heterocycles. The predicted octanol–water partition coefficient (Wildman–Crippen LogP) is 4.22. The van der Waals surface area contributed by atoms with E-state index in [1.165, 1.54) is 0 Å². The van der Waals surface area contributed by atoms with E-state index in [0.717, 1.165) is 33.8 Å². The summed E-state index contributed by atoms with van der Waals surface area (Å²) < 4.78 is 2.03. The fraction of sp³-hybridized carbons (Fsp3) is 0.500. The molecular formula is C12H14Br2O. The molecule has 0 amide bonds. The second kappa shape index (κ2) is 4.19. The minimum Gasteiger partial charge on any atom is -0.385 e. The standard InChI is InChI=1S/C12H14Br2O/c1-8-3-2-4-12(8,15)9-5-10(13)7-11(14)6-9/h5-8,15H,2-4H2,1H3/t8-,12+/m0/s1. The number of aliphatic hydroxyl groups is 1. The summed E-state index contributed by atoms with van der Waals surface area (Å²) >= 11 is 6.93. The average molecular weight is 334 g/mol. The monoisotopic (exact) mass is 332 g/mol. The van der Waals surface area contributed by atoms with Crippen LogP contribution in [-0.2, 0) is 5.60 Å². The molecule has 15 heavy (non-hydrogen) atoms. The molecule has 0 heterocycles. The summed E-state index contributed by atoms with van der Waals surface area (Å²) in [6.45, 7) is 2.13. The summed E-state index contributed by atoms with van der Waals surface area (Å²) in [5.41, 5.74) is 0.389. The molecule has 1 N–H and O–H groups in total. The molecule has 1 aromatic rings. The van der Waals surface area contributed by atoms with Gasteiger partial charge >= 0.3 is 0 Å². The Balaban J connectivity index is 2.44. The SMILES string of the molecule is C[C@H]1CCC[C@]1(O)c1cc(Br)cc(Br)c1. The van der Waals surface area contributed by atoms with E-state index < -0.39 is 5.60 Å². The smallest absolute Gasteiger partial charge is 0.0922 e. The van der Waals surface area contributed by atoms with Crippen molar-refractivity contribution in [3.8, 4) is 0 Å². The summed E-state index contributed by atoms with van der Waals surface area (Å²) in [5.74, 6) is 0.346. The molecule has 1 fully saturated rings. The molecular weight excluding hydrogens is 320 g/mol. The third-order valence-corrected chi connectivity index (χ3v) is 4.29. The third-order valence-electron chi connectivity index (χ3n) is 3.37. The largest absolute Gasteiger partial charge is 0.385 e. The van der Waals surface area contributed by atoms with E-state index >= 15 is 0 Å². The zero-order valence-electron chi connectivity index (χ0n) is 8.63. The molecule has 82 valence electrons. The molecule has 0 bridgehead atoms. The number of halogens is 2. The maximum absolute atomic E-state index is 10.6. The normalized spacial score (nSPS) is 30.8. The molecule has 0 saturated heterocycles. The van der Waals surface area contributed by atoms with Crippen LogP contribution in [0, 0.1) is 5.92 Å². The lowest BCUT2D eigenvalue weighted by Crippen LogP contribution is -2.28. The van der Waals surface area contributed by atoms with Crippen molar-refractivity contribution in [2.45, 2.75) is 31.8 Å². The first-order chi connectivity index (χ1) is 7.02. The number of hydrogen-bond acceptors (Lipinski definition) is 1. The summed E-state index contributed by atoms with van der Waals surface area (Å²) in [5, 5.41) is 10.6. The zero-order chi connectivity index (χ0) is 11.1. The summed E-state index contributed by atoms with van der Waals surface area (Å²) in [7, 11) is 0. The molecule has 3 heteroatoms. The van der Waals surface area contributed by atoms with Crippen molar-refractivity contribution < 1.29 is 5.11 Å². The minimum absolute atomic E-state index is 0.346. The van der Waals surface area contributed by atoms with Crippen LogP contribution in [0.5, 0.6) is 0 Å². The summed E-state index contributed by atoms with van der Waals surface area (Å²) in [6.07, 6.45) is 3.10. The lowest BCUT2D eigenvalue weighted by Gasteiger charge is -2.28. The topological polar surface area (TPSA) is 20.2 Å². The average Bonchev–Trinajstić information content (AvgIpc) is 2.47. The van der Waals surface area contributed by atoms with Crippen LogP contribution in [0.1, 0.15) is 31.7 Å². The van der Waals surface area contributed by atoms with Crippen molar-refractivity contribution in [1.82, 2.24) is 0 Å². The van der Waals surface area contributed by atoms with E-state index in [0.29, 0.717) is 5.92 Å². The number of hydrogen-bond donors (Lipinski definition) is 1. The van der Waals surface area contributed by atoms with Gasteiger partial charge in [-0.25, -0.2) is 0 Å². The highest BCUT2D eigenvalue weighted by molar-refractivity contribution is 9.11. The van der Waals surface area contributed by atoms with E-state index in [-0.39, 0.29) is 0 Å². The van der Waals surface area contributed by atoms with Gasteiger partial charge in [0, 0.05) is 8.95 Å². The van der Waals surface area contributed by atoms with Crippen molar-refractivity contribution in [2.24, 2.45) is 5.92 Å². The van der Waals surface area contributed by atoms with Crippen molar-refractivity contribution in [3.05, 3.63) is 32.7 Å². The van der Waals surface area contributed by atoms with Gasteiger partial charge in [0.25, 0.3) is 0 Å². The van der Waals surface area contributed by atoms with E-state index in [1.807, 2.05) is 18.2 Å². The lowest BCUT2D eigenvalue weighted by molar-refractivity contribution is 0.00438. The van der Waals surface area contributed by atoms with Crippen LogP contribution in [0.2, 0.25) is 0 Å².